The van der Waals surface area contributed by atoms with Crippen LogP contribution >= 0.6 is 27.3 Å². The molecule has 0 aromatic carbocycles. The third-order valence-electron chi connectivity index (χ3n) is 4.40. The number of carbonyl (C=O) groups is 1. The van der Waals surface area contributed by atoms with E-state index in [2.05, 4.69) is 22.9 Å². The van der Waals surface area contributed by atoms with Crippen molar-refractivity contribution in [1.29, 1.82) is 0 Å². The maximum Gasteiger partial charge on any atom is 0.309 e. The second-order valence-electron chi connectivity index (χ2n) is 5.69. The molecule has 1 N–H and O–H groups in total. The van der Waals surface area contributed by atoms with Crippen LogP contribution in [0.15, 0.2) is 15.9 Å². The molecule has 1 aromatic heterocycles. The fraction of sp³-hybridized carbons (Fsp3) is 0.667. The number of carboxylic acid groups (broad SMARTS) is 1. The quantitative estimate of drug-likeness (QED) is 0.805. The van der Waals surface area contributed by atoms with Crippen LogP contribution in [-0.4, -0.2) is 11.1 Å². The highest BCUT2D eigenvalue weighted by Gasteiger charge is 2.42. The Morgan fingerprint density at radius 2 is 2.21 bits per heavy atom. The van der Waals surface area contributed by atoms with Crippen LogP contribution < -0.4 is 0 Å². The fourth-order valence-electron chi connectivity index (χ4n) is 3.15. The molecule has 19 heavy (non-hydrogen) atoms. The first-order valence-corrected chi connectivity index (χ1v) is 8.70. The number of hydrogen-bond acceptors (Lipinski definition) is 2. The van der Waals surface area contributed by atoms with Crippen molar-refractivity contribution in [3.63, 3.8) is 0 Å². The van der Waals surface area contributed by atoms with E-state index in [1.165, 1.54) is 17.7 Å². The van der Waals surface area contributed by atoms with Gasteiger partial charge in [-0.15, -0.1) is 11.3 Å². The molecule has 2 nitrogen and oxygen atoms in total. The smallest absolute Gasteiger partial charge is 0.309 e. The highest BCUT2D eigenvalue weighted by Crippen LogP contribution is 2.44. The van der Waals surface area contributed by atoms with E-state index in [0.29, 0.717) is 6.42 Å². The lowest BCUT2D eigenvalue weighted by Gasteiger charge is -2.36. The molecule has 0 spiro atoms. The minimum atomic E-state index is -0.609. The lowest BCUT2D eigenvalue weighted by atomic mass is 9.67. The van der Waals surface area contributed by atoms with Crippen molar-refractivity contribution < 1.29 is 9.90 Å². The predicted molar refractivity (Wildman–Crippen MR) is 82.7 cm³/mol. The number of rotatable bonds is 5. The highest BCUT2D eigenvalue weighted by atomic mass is 79.9. The molecule has 2 rings (SSSR count). The molecular weight excluding hydrogens is 324 g/mol. The maximum absolute atomic E-state index is 11.8. The Balaban J connectivity index is 2.08. The number of aliphatic carboxylic acids is 1. The predicted octanol–water partition coefficient (Wildman–Crippen LogP) is 5.11. The van der Waals surface area contributed by atoms with Gasteiger partial charge in [0.1, 0.15) is 0 Å². The van der Waals surface area contributed by atoms with Crippen LogP contribution in [0.1, 0.15) is 50.3 Å². The first-order valence-electron chi connectivity index (χ1n) is 7.02. The van der Waals surface area contributed by atoms with Crippen molar-refractivity contribution in [2.75, 3.05) is 0 Å². The summed E-state index contributed by atoms with van der Waals surface area (Å²) in [7, 11) is 0. The van der Waals surface area contributed by atoms with Crippen LogP contribution in [0.4, 0.5) is 0 Å². The Kier molecular flexibility index (Phi) is 5.07. The minimum absolute atomic E-state index is 0.530. The average molecular weight is 345 g/mol. The van der Waals surface area contributed by atoms with Gasteiger partial charge in [0.15, 0.2) is 0 Å². The molecule has 0 bridgehead atoms. The molecule has 0 saturated heterocycles. The molecule has 0 unspecified atom stereocenters. The van der Waals surface area contributed by atoms with E-state index in [9.17, 15) is 9.90 Å². The molecule has 1 aliphatic rings. The zero-order chi connectivity index (χ0) is 13.9. The molecule has 1 aliphatic carbocycles. The van der Waals surface area contributed by atoms with E-state index in [0.717, 1.165) is 36.1 Å². The van der Waals surface area contributed by atoms with E-state index >= 15 is 0 Å². The second kappa shape index (κ2) is 6.40. The lowest BCUT2D eigenvalue weighted by molar-refractivity contribution is -0.151. The van der Waals surface area contributed by atoms with Crippen LogP contribution in [0.25, 0.3) is 0 Å². The molecule has 0 amide bonds. The summed E-state index contributed by atoms with van der Waals surface area (Å²) in [6, 6.07) is 2.01. The van der Waals surface area contributed by atoms with Gasteiger partial charge in [-0.25, -0.2) is 0 Å². The number of carboxylic acids is 1. The summed E-state index contributed by atoms with van der Waals surface area (Å²) in [6.07, 6.45) is 6.94. The van der Waals surface area contributed by atoms with Crippen LogP contribution in [0.5, 0.6) is 0 Å². The number of hydrogen-bond donors (Lipinski definition) is 1. The maximum atomic E-state index is 11.8. The summed E-state index contributed by atoms with van der Waals surface area (Å²) in [5, 5.41) is 11.7. The molecule has 106 valence electrons. The monoisotopic (exact) mass is 344 g/mol. The Labute approximate surface area is 127 Å². The Bertz CT molecular complexity index is 433. The Morgan fingerprint density at radius 3 is 2.68 bits per heavy atom. The topological polar surface area (TPSA) is 37.3 Å². The van der Waals surface area contributed by atoms with E-state index in [-0.39, 0.29) is 0 Å². The first kappa shape index (κ1) is 15.0. The zero-order valence-electron chi connectivity index (χ0n) is 11.3. The van der Waals surface area contributed by atoms with Crippen LogP contribution in [0.3, 0.4) is 0 Å². The SMILES string of the molecule is CCCC1CCC(Cc2sccc2Br)(C(=O)O)CC1. The van der Waals surface area contributed by atoms with Gasteiger partial charge in [-0.05, 0) is 65.4 Å². The largest absolute Gasteiger partial charge is 0.481 e. The van der Waals surface area contributed by atoms with Gasteiger partial charge in [-0.3, -0.25) is 4.79 Å². The van der Waals surface area contributed by atoms with Gasteiger partial charge >= 0.3 is 5.97 Å². The van der Waals surface area contributed by atoms with E-state index in [4.69, 9.17) is 0 Å². The standard InChI is InChI=1S/C15H21BrO2S/c1-2-3-11-4-7-15(8-5-11,14(17)18)10-13-12(16)6-9-19-13/h6,9,11H,2-5,7-8,10H2,1H3,(H,17,18). The summed E-state index contributed by atoms with van der Waals surface area (Å²) in [5.74, 6) is 0.131. The van der Waals surface area contributed by atoms with Gasteiger partial charge in [-0.2, -0.15) is 0 Å². The molecule has 1 heterocycles. The van der Waals surface area contributed by atoms with E-state index < -0.39 is 11.4 Å². The minimum Gasteiger partial charge on any atom is -0.481 e. The van der Waals surface area contributed by atoms with Crippen molar-refractivity contribution in [1.82, 2.24) is 0 Å². The summed E-state index contributed by atoms with van der Waals surface area (Å²) in [4.78, 5) is 12.9. The lowest BCUT2D eigenvalue weighted by Crippen LogP contribution is -2.37. The third-order valence-corrected chi connectivity index (χ3v) is 6.33. The van der Waals surface area contributed by atoms with Crippen molar-refractivity contribution in [2.24, 2.45) is 11.3 Å². The number of thiophene rings is 1. The molecule has 1 fully saturated rings. The molecule has 0 atom stereocenters. The zero-order valence-corrected chi connectivity index (χ0v) is 13.7. The average Bonchev–Trinajstić information content (AvgIpc) is 2.78. The summed E-state index contributed by atoms with van der Waals surface area (Å²) in [6.45, 7) is 2.21. The van der Waals surface area contributed by atoms with Crippen molar-refractivity contribution in [3.05, 3.63) is 20.8 Å². The van der Waals surface area contributed by atoms with Gasteiger partial charge in [-0.1, -0.05) is 19.8 Å². The van der Waals surface area contributed by atoms with Gasteiger partial charge in [0.25, 0.3) is 0 Å². The molecular formula is C15H21BrO2S. The second-order valence-corrected chi connectivity index (χ2v) is 7.54. The summed E-state index contributed by atoms with van der Waals surface area (Å²) in [5.41, 5.74) is -0.530. The van der Waals surface area contributed by atoms with Crippen molar-refractivity contribution >= 4 is 33.2 Å². The molecule has 4 heteroatoms. The van der Waals surface area contributed by atoms with Crippen LogP contribution in [0.2, 0.25) is 0 Å². The van der Waals surface area contributed by atoms with Crippen LogP contribution in [-0.2, 0) is 11.2 Å². The fourth-order valence-corrected chi connectivity index (χ4v) is 4.79. The summed E-state index contributed by atoms with van der Waals surface area (Å²) < 4.78 is 1.06. The van der Waals surface area contributed by atoms with Crippen molar-refractivity contribution in [2.45, 2.75) is 51.9 Å². The van der Waals surface area contributed by atoms with Gasteiger partial charge in [0, 0.05) is 9.35 Å². The normalized spacial score (nSPS) is 27.4. The van der Waals surface area contributed by atoms with Gasteiger partial charge in [0.05, 0.1) is 5.41 Å². The van der Waals surface area contributed by atoms with Gasteiger partial charge < -0.3 is 5.11 Å². The number of halogens is 1. The van der Waals surface area contributed by atoms with E-state index in [1.807, 2.05) is 11.4 Å². The molecule has 1 saturated carbocycles. The first-order chi connectivity index (χ1) is 9.07. The third kappa shape index (κ3) is 3.40. The summed E-state index contributed by atoms with van der Waals surface area (Å²) >= 11 is 5.18. The Morgan fingerprint density at radius 1 is 1.53 bits per heavy atom. The van der Waals surface area contributed by atoms with E-state index in [1.54, 1.807) is 11.3 Å². The molecule has 1 aromatic rings. The molecule has 0 radical (unpaired) electrons. The van der Waals surface area contributed by atoms with Crippen molar-refractivity contribution in [3.8, 4) is 0 Å². The highest BCUT2D eigenvalue weighted by molar-refractivity contribution is 9.10. The van der Waals surface area contributed by atoms with Crippen LogP contribution in [0, 0.1) is 11.3 Å². The van der Waals surface area contributed by atoms with Gasteiger partial charge in [0.2, 0.25) is 0 Å². The Hall–Kier alpha value is -0.350. The molecule has 0 aliphatic heterocycles.